The van der Waals surface area contributed by atoms with Gasteiger partial charge < -0.3 is 10.2 Å². The molecule has 2 amide bonds. The third kappa shape index (κ3) is 3.18. The summed E-state index contributed by atoms with van der Waals surface area (Å²) in [5.74, 6) is -4.26. The lowest BCUT2D eigenvalue weighted by molar-refractivity contribution is -0.142. The van der Waals surface area contributed by atoms with Gasteiger partial charge in [-0.05, 0) is 70.1 Å². The number of carboxylic acid groups (broad SMARTS) is 2. The van der Waals surface area contributed by atoms with Crippen molar-refractivity contribution in [2.24, 2.45) is 0 Å². The minimum Gasteiger partial charge on any atom is -0.481 e. The first-order chi connectivity index (χ1) is 11.1. The standard InChI is InChI=1S/C13H7Br4NO6/c14-7-5-6(8(15)10(17)9(7)16)12(22)18(11(5)21)3(13(23)24)1-2-4(19)20/h3H,1-2H2,(H,19,20)(H,23,24). The fourth-order valence-electron chi connectivity index (χ4n) is 2.27. The molecule has 1 aromatic rings. The van der Waals surface area contributed by atoms with Gasteiger partial charge in [0.15, 0.2) is 0 Å². The highest BCUT2D eigenvalue weighted by Gasteiger charge is 2.46. The van der Waals surface area contributed by atoms with Gasteiger partial charge in [-0.15, -0.1) is 0 Å². The second-order valence-electron chi connectivity index (χ2n) is 4.77. The fourth-order valence-corrected chi connectivity index (χ4v) is 4.73. The Kier molecular flexibility index (Phi) is 5.88. The topological polar surface area (TPSA) is 112 Å². The summed E-state index contributed by atoms with van der Waals surface area (Å²) < 4.78 is 1.56. The van der Waals surface area contributed by atoms with Crippen LogP contribution in [-0.2, 0) is 9.59 Å². The molecule has 1 aromatic carbocycles. The summed E-state index contributed by atoms with van der Waals surface area (Å²) >= 11 is 13.0. The Hall–Kier alpha value is -0.780. The van der Waals surface area contributed by atoms with Gasteiger partial charge in [0.1, 0.15) is 6.04 Å². The van der Waals surface area contributed by atoms with E-state index in [0.717, 1.165) is 0 Å². The molecule has 11 heteroatoms. The number of carbonyl (C=O) groups excluding carboxylic acids is 2. The molecule has 7 nitrogen and oxygen atoms in total. The van der Waals surface area contributed by atoms with E-state index in [2.05, 4.69) is 63.7 Å². The SMILES string of the molecule is O=C(O)CCC(C(=O)O)N1C(=O)c2c(Br)c(Br)c(Br)c(Br)c2C1=O. The summed E-state index contributed by atoms with van der Waals surface area (Å²) in [6.07, 6.45) is -0.867. The highest BCUT2D eigenvalue weighted by atomic mass is 79.9. The number of carbonyl (C=O) groups is 4. The number of benzene rings is 1. The number of hydrogen-bond acceptors (Lipinski definition) is 4. The van der Waals surface area contributed by atoms with E-state index in [9.17, 15) is 24.3 Å². The van der Waals surface area contributed by atoms with Crippen LogP contribution in [0.4, 0.5) is 0 Å². The van der Waals surface area contributed by atoms with Crippen molar-refractivity contribution < 1.29 is 29.4 Å². The minimum absolute atomic E-state index is 0.0172. The van der Waals surface area contributed by atoms with Gasteiger partial charge in [0.2, 0.25) is 0 Å². The first kappa shape index (κ1) is 19.5. The average Bonchev–Trinajstić information content (AvgIpc) is 2.75. The highest BCUT2D eigenvalue weighted by molar-refractivity contribution is 9.15. The van der Waals surface area contributed by atoms with E-state index in [4.69, 9.17) is 5.11 Å². The van der Waals surface area contributed by atoms with E-state index in [0.29, 0.717) is 22.8 Å². The number of halogens is 4. The van der Waals surface area contributed by atoms with Gasteiger partial charge in [-0.25, -0.2) is 4.79 Å². The molecule has 0 saturated carbocycles. The van der Waals surface area contributed by atoms with Crippen molar-refractivity contribution in [2.75, 3.05) is 0 Å². The van der Waals surface area contributed by atoms with Crippen molar-refractivity contribution in [3.8, 4) is 0 Å². The summed E-state index contributed by atoms with van der Waals surface area (Å²) in [4.78, 5) is 48.0. The van der Waals surface area contributed by atoms with Crippen LogP contribution in [0.25, 0.3) is 0 Å². The molecule has 1 atom stereocenters. The summed E-state index contributed by atoms with van der Waals surface area (Å²) in [6.45, 7) is 0. The number of carboxylic acids is 2. The van der Waals surface area contributed by atoms with Gasteiger partial charge in [0.05, 0.1) is 11.1 Å². The Balaban J connectivity index is 2.57. The Morgan fingerprint density at radius 2 is 1.29 bits per heavy atom. The van der Waals surface area contributed by atoms with Gasteiger partial charge in [0.25, 0.3) is 11.8 Å². The van der Waals surface area contributed by atoms with Gasteiger partial charge in [-0.1, -0.05) is 0 Å². The quantitative estimate of drug-likeness (QED) is 0.307. The van der Waals surface area contributed by atoms with E-state index in [-0.39, 0.29) is 17.5 Å². The van der Waals surface area contributed by atoms with Crippen molar-refractivity contribution in [1.29, 1.82) is 0 Å². The molecule has 2 rings (SSSR count). The molecule has 1 aliphatic rings. The van der Waals surface area contributed by atoms with Crippen molar-refractivity contribution in [3.63, 3.8) is 0 Å². The van der Waals surface area contributed by atoms with Gasteiger partial charge >= 0.3 is 11.9 Å². The molecule has 0 fully saturated rings. The molecule has 0 radical (unpaired) electrons. The van der Waals surface area contributed by atoms with Gasteiger partial charge in [-0.2, -0.15) is 0 Å². The third-order valence-corrected chi connectivity index (χ3v) is 8.13. The second-order valence-corrected chi connectivity index (χ2v) is 7.94. The molecular formula is C13H7Br4NO6. The van der Waals surface area contributed by atoms with Crippen LogP contribution in [-0.4, -0.2) is 44.9 Å². The predicted molar refractivity (Wildman–Crippen MR) is 96.0 cm³/mol. The van der Waals surface area contributed by atoms with E-state index in [1.165, 1.54) is 0 Å². The third-order valence-electron chi connectivity index (χ3n) is 3.36. The van der Waals surface area contributed by atoms with E-state index in [1.807, 2.05) is 0 Å². The number of imide groups is 1. The number of hydrogen-bond donors (Lipinski definition) is 2. The van der Waals surface area contributed by atoms with Crippen molar-refractivity contribution in [1.82, 2.24) is 4.90 Å². The molecule has 0 bridgehead atoms. The number of nitrogens with zero attached hydrogens (tertiary/aromatic N) is 1. The van der Waals surface area contributed by atoms with Crippen LogP contribution in [0.1, 0.15) is 33.6 Å². The monoisotopic (exact) mass is 589 g/mol. The molecule has 0 aliphatic carbocycles. The average molecular weight is 593 g/mol. The smallest absolute Gasteiger partial charge is 0.326 e. The summed E-state index contributed by atoms with van der Waals surface area (Å²) in [5.41, 5.74) is 0.0343. The van der Waals surface area contributed by atoms with Crippen LogP contribution < -0.4 is 0 Å². The van der Waals surface area contributed by atoms with Crippen molar-refractivity contribution in [2.45, 2.75) is 18.9 Å². The summed E-state index contributed by atoms with van der Waals surface area (Å²) in [7, 11) is 0. The van der Waals surface area contributed by atoms with Crippen LogP contribution in [0.15, 0.2) is 17.9 Å². The molecule has 0 saturated heterocycles. The first-order valence-electron chi connectivity index (χ1n) is 6.28. The lowest BCUT2D eigenvalue weighted by atomic mass is 10.1. The Bertz CT molecular complexity index is 746. The van der Waals surface area contributed by atoms with Crippen LogP contribution >= 0.6 is 63.7 Å². The predicted octanol–water partition coefficient (Wildman–Crippen LogP) is 3.65. The largest absolute Gasteiger partial charge is 0.481 e. The van der Waals surface area contributed by atoms with Gasteiger partial charge in [0, 0.05) is 24.3 Å². The lowest BCUT2D eigenvalue weighted by Gasteiger charge is -2.21. The van der Waals surface area contributed by atoms with E-state index < -0.39 is 36.2 Å². The maximum absolute atomic E-state index is 12.6. The Morgan fingerprint density at radius 1 is 0.875 bits per heavy atom. The number of amides is 2. The van der Waals surface area contributed by atoms with E-state index in [1.54, 1.807) is 0 Å². The molecular weight excluding hydrogens is 586 g/mol. The maximum Gasteiger partial charge on any atom is 0.326 e. The molecule has 0 spiro atoms. The van der Waals surface area contributed by atoms with Crippen molar-refractivity contribution >= 4 is 87.5 Å². The molecule has 1 heterocycles. The summed E-state index contributed by atoms with van der Waals surface area (Å²) in [6, 6.07) is -1.56. The highest BCUT2D eigenvalue weighted by Crippen LogP contribution is 2.45. The van der Waals surface area contributed by atoms with Crippen LogP contribution in [0.2, 0.25) is 0 Å². The molecule has 2 N–H and O–H groups in total. The number of rotatable bonds is 5. The van der Waals surface area contributed by atoms with Crippen LogP contribution in [0, 0.1) is 0 Å². The fraction of sp³-hybridized carbons (Fsp3) is 0.231. The molecule has 1 unspecified atom stereocenters. The van der Waals surface area contributed by atoms with E-state index >= 15 is 0 Å². The Labute approximate surface area is 168 Å². The Morgan fingerprint density at radius 3 is 1.62 bits per heavy atom. The first-order valence-corrected chi connectivity index (χ1v) is 9.45. The molecule has 128 valence electrons. The van der Waals surface area contributed by atoms with Crippen LogP contribution in [0.3, 0.4) is 0 Å². The maximum atomic E-state index is 12.6. The summed E-state index contributed by atoms with van der Waals surface area (Å²) in [5, 5.41) is 18.1. The zero-order chi connectivity index (χ0) is 18.3. The number of aliphatic carboxylic acids is 2. The molecule has 0 aromatic heterocycles. The second kappa shape index (κ2) is 7.22. The van der Waals surface area contributed by atoms with Crippen LogP contribution in [0.5, 0.6) is 0 Å². The molecule has 1 aliphatic heterocycles. The zero-order valence-corrected chi connectivity index (χ0v) is 17.8. The van der Waals surface area contributed by atoms with Gasteiger partial charge in [-0.3, -0.25) is 19.3 Å². The lowest BCUT2D eigenvalue weighted by Crippen LogP contribution is -2.45. The normalized spacial score (nSPS) is 14.8. The van der Waals surface area contributed by atoms with Crippen molar-refractivity contribution in [3.05, 3.63) is 29.0 Å². The number of fused-ring (bicyclic) bond motifs is 1. The minimum atomic E-state index is -1.56. The molecule has 24 heavy (non-hydrogen) atoms. The zero-order valence-electron chi connectivity index (χ0n) is 11.5.